The maximum atomic E-state index is 13.0. The minimum Gasteiger partial charge on any atom is -0.323 e. The Morgan fingerprint density at radius 2 is 2.04 bits per heavy atom. The Morgan fingerprint density at radius 1 is 1.26 bits per heavy atom. The number of nitrogens with zero attached hydrogens (tertiary/aromatic N) is 1. The van der Waals surface area contributed by atoms with Crippen LogP contribution >= 0.6 is 11.6 Å². The van der Waals surface area contributed by atoms with Crippen LogP contribution in [0, 0.1) is 6.92 Å². The van der Waals surface area contributed by atoms with Gasteiger partial charge in [-0.1, -0.05) is 41.9 Å². The van der Waals surface area contributed by atoms with E-state index in [1.807, 2.05) is 37.3 Å². The zero-order valence-electron chi connectivity index (χ0n) is 14.7. The van der Waals surface area contributed by atoms with Crippen LogP contribution in [0.4, 0.5) is 10.5 Å². The van der Waals surface area contributed by atoms with Crippen LogP contribution in [0.2, 0.25) is 5.02 Å². The molecule has 2 N–H and O–H groups in total. The zero-order chi connectivity index (χ0) is 19.2. The minimum absolute atomic E-state index is 0.362. The van der Waals surface area contributed by atoms with E-state index in [-0.39, 0.29) is 12.5 Å². The molecule has 0 bridgehead atoms. The van der Waals surface area contributed by atoms with Gasteiger partial charge < -0.3 is 10.6 Å². The molecule has 1 saturated heterocycles. The number of hydrogen-bond acceptors (Lipinski definition) is 3. The Labute approximate surface area is 161 Å². The smallest absolute Gasteiger partial charge is 0.323 e. The molecule has 0 saturated carbocycles. The Bertz CT molecular complexity index is 975. The molecule has 1 aliphatic heterocycles. The molecule has 1 aliphatic carbocycles. The third kappa shape index (κ3) is 2.86. The Morgan fingerprint density at radius 3 is 2.81 bits per heavy atom. The largest absolute Gasteiger partial charge is 0.325 e. The van der Waals surface area contributed by atoms with E-state index >= 15 is 0 Å². The molecule has 4 rings (SSSR count). The molecule has 27 heavy (non-hydrogen) atoms. The number of carbonyl (C=O) groups is 3. The number of anilines is 1. The standard InChI is InChI=1S/C20H18ClN3O3/c1-12-6-7-16(15(21)10-12)22-17(25)11-24-18(26)20(23-19(24)27)9-8-13-4-2-3-5-14(13)20/h2-7,10H,8-9,11H2,1H3,(H,22,25)(H,23,27)/t20-/m0/s1. The molecule has 0 radical (unpaired) electrons. The second-order valence-corrected chi connectivity index (χ2v) is 7.32. The van der Waals surface area contributed by atoms with E-state index in [4.69, 9.17) is 11.6 Å². The van der Waals surface area contributed by atoms with Crippen molar-refractivity contribution in [3.63, 3.8) is 0 Å². The van der Waals surface area contributed by atoms with Crippen molar-refractivity contribution in [2.45, 2.75) is 25.3 Å². The summed E-state index contributed by atoms with van der Waals surface area (Å²) in [6.07, 6.45) is 1.21. The van der Waals surface area contributed by atoms with Gasteiger partial charge >= 0.3 is 6.03 Å². The van der Waals surface area contributed by atoms with Crippen LogP contribution < -0.4 is 10.6 Å². The monoisotopic (exact) mass is 383 g/mol. The van der Waals surface area contributed by atoms with Crippen LogP contribution in [0.15, 0.2) is 42.5 Å². The molecule has 138 valence electrons. The van der Waals surface area contributed by atoms with Crippen LogP contribution in [0.25, 0.3) is 0 Å². The lowest BCUT2D eigenvalue weighted by atomic mass is 9.92. The first-order valence-corrected chi connectivity index (χ1v) is 9.07. The van der Waals surface area contributed by atoms with Crippen molar-refractivity contribution in [3.05, 3.63) is 64.2 Å². The highest BCUT2D eigenvalue weighted by Gasteiger charge is 2.55. The van der Waals surface area contributed by atoms with Gasteiger partial charge in [-0.2, -0.15) is 0 Å². The quantitative estimate of drug-likeness (QED) is 0.800. The topological polar surface area (TPSA) is 78.5 Å². The van der Waals surface area contributed by atoms with E-state index in [1.165, 1.54) is 0 Å². The summed E-state index contributed by atoms with van der Waals surface area (Å²) >= 11 is 6.13. The normalized spacial score (nSPS) is 20.7. The van der Waals surface area contributed by atoms with Gasteiger partial charge in [0.25, 0.3) is 5.91 Å². The molecule has 2 aromatic carbocycles. The van der Waals surface area contributed by atoms with Crippen molar-refractivity contribution in [3.8, 4) is 0 Å². The molecule has 1 fully saturated rings. The number of halogens is 1. The first-order valence-electron chi connectivity index (χ1n) is 8.69. The lowest BCUT2D eigenvalue weighted by Gasteiger charge is -2.22. The first-order chi connectivity index (χ1) is 12.9. The zero-order valence-corrected chi connectivity index (χ0v) is 15.5. The summed E-state index contributed by atoms with van der Waals surface area (Å²) in [6.45, 7) is 1.53. The summed E-state index contributed by atoms with van der Waals surface area (Å²) in [6, 6.07) is 12.3. The lowest BCUT2D eigenvalue weighted by Crippen LogP contribution is -2.43. The van der Waals surface area contributed by atoms with Gasteiger partial charge in [-0.3, -0.25) is 14.5 Å². The second-order valence-electron chi connectivity index (χ2n) is 6.92. The number of fused-ring (bicyclic) bond motifs is 2. The van der Waals surface area contributed by atoms with E-state index in [9.17, 15) is 14.4 Å². The molecule has 1 spiro atoms. The fourth-order valence-electron chi connectivity index (χ4n) is 3.79. The predicted octanol–water partition coefficient (Wildman–Crippen LogP) is 2.98. The predicted molar refractivity (Wildman–Crippen MR) is 102 cm³/mol. The number of nitrogens with one attached hydrogen (secondary N) is 2. The SMILES string of the molecule is Cc1ccc(NC(=O)CN2C(=O)N[C@]3(CCc4ccccc43)C2=O)c(Cl)c1. The van der Waals surface area contributed by atoms with Crippen LogP contribution in [0.3, 0.4) is 0 Å². The van der Waals surface area contributed by atoms with Gasteiger partial charge in [0.2, 0.25) is 5.91 Å². The van der Waals surface area contributed by atoms with Crippen LogP contribution in [-0.4, -0.2) is 29.3 Å². The van der Waals surface area contributed by atoms with Crippen LogP contribution in [-0.2, 0) is 21.5 Å². The van der Waals surface area contributed by atoms with Crippen molar-refractivity contribution >= 4 is 35.1 Å². The maximum Gasteiger partial charge on any atom is 0.325 e. The second kappa shape index (κ2) is 6.39. The minimum atomic E-state index is -1.06. The molecule has 0 aromatic heterocycles. The number of hydrogen-bond donors (Lipinski definition) is 2. The molecule has 7 heteroatoms. The van der Waals surface area contributed by atoms with Gasteiger partial charge in [-0.05, 0) is 48.6 Å². The molecule has 6 nitrogen and oxygen atoms in total. The third-order valence-corrected chi connectivity index (χ3v) is 5.44. The van der Waals surface area contributed by atoms with Crippen molar-refractivity contribution in [2.75, 3.05) is 11.9 Å². The van der Waals surface area contributed by atoms with Gasteiger partial charge in [0, 0.05) is 0 Å². The summed E-state index contributed by atoms with van der Waals surface area (Å²) in [5.41, 5.74) is 2.21. The van der Waals surface area contributed by atoms with Crippen LogP contribution in [0.5, 0.6) is 0 Å². The number of carbonyl (C=O) groups excluding carboxylic acids is 3. The highest BCUT2D eigenvalue weighted by molar-refractivity contribution is 6.33. The van der Waals surface area contributed by atoms with Gasteiger partial charge in [-0.15, -0.1) is 0 Å². The highest BCUT2D eigenvalue weighted by Crippen LogP contribution is 2.41. The van der Waals surface area contributed by atoms with E-state index in [0.717, 1.165) is 21.6 Å². The molecular formula is C20H18ClN3O3. The lowest BCUT2D eigenvalue weighted by molar-refractivity contribution is -0.134. The van der Waals surface area contributed by atoms with Crippen molar-refractivity contribution in [2.24, 2.45) is 0 Å². The fraction of sp³-hybridized carbons (Fsp3) is 0.250. The summed E-state index contributed by atoms with van der Waals surface area (Å²) in [4.78, 5) is 38.9. The summed E-state index contributed by atoms with van der Waals surface area (Å²) in [5, 5.41) is 5.87. The maximum absolute atomic E-state index is 13.0. The third-order valence-electron chi connectivity index (χ3n) is 5.12. The summed E-state index contributed by atoms with van der Waals surface area (Å²) in [7, 11) is 0. The Kier molecular flexibility index (Phi) is 4.15. The Balaban J connectivity index is 1.53. The molecule has 1 heterocycles. The van der Waals surface area contributed by atoms with Crippen molar-refractivity contribution in [1.82, 2.24) is 10.2 Å². The molecule has 0 unspecified atom stereocenters. The average Bonchev–Trinajstić information content (AvgIpc) is 3.11. The van der Waals surface area contributed by atoms with Crippen LogP contribution in [0.1, 0.15) is 23.1 Å². The summed E-state index contributed by atoms with van der Waals surface area (Å²) in [5.74, 6) is -0.866. The fourth-order valence-corrected chi connectivity index (χ4v) is 4.07. The molecular weight excluding hydrogens is 366 g/mol. The molecule has 2 aromatic rings. The average molecular weight is 384 g/mol. The number of rotatable bonds is 3. The highest BCUT2D eigenvalue weighted by atomic mass is 35.5. The van der Waals surface area contributed by atoms with Gasteiger partial charge in [0.05, 0.1) is 10.7 Å². The number of urea groups is 1. The summed E-state index contributed by atoms with van der Waals surface area (Å²) < 4.78 is 0. The first kappa shape index (κ1) is 17.5. The van der Waals surface area contributed by atoms with Crippen molar-refractivity contribution in [1.29, 1.82) is 0 Å². The Hall–Kier alpha value is -2.86. The van der Waals surface area contributed by atoms with E-state index in [2.05, 4.69) is 10.6 Å². The van der Waals surface area contributed by atoms with Gasteiger partial charge in [0.1, 0.15) is 12.1 Å². The molecule has 2 aliphatic rings. The van der Waals surface area contributed by atoms with Gasteiger partial charge in [0.15, 0.2) is 0 Å². The van der Waals surface area contributed by atoms with E-state index in [1.54, 1.807) is 12.1 Å². The molecule has 4 amide bonds. The number of benzene rings is 2. The van der Waals surface area contributed by atoms with E-state index in [0.29, 0.717) is 23.6 Å². The molecule has 1 atom stereocenters. The number of imide groups is 1. The number of amides is 4. The van der Waals surface area contributed by atoms with Gasteiger partial charge in [-0.25, -0.2) is 4.79 Å². The van der Waals surface area contributed by atoms with E-state index < -0.39 is 17.5 Å². The van der Waals surface area contributed by atoms with Crippen molar-refractivity contribution < 1.29 is 14.4 Å². The number of aryl methyl sites for hydroxylation is 2.